The van der Waals surface area contributed by atoms with Crippen LogP contribution in [0.25, 0.3) is 0 Å². The Morgan fingerprint density at radius 3 is 2.36 bits per heavy atom. The van der Waals surface area contributed by atoms with E-state index in [0.717, 1.165) is 31.6 Å². The number of hydrogen-bond acceptors (Lipinski definition) is 5. The number of phenols is 1. The van der Waals surface area contributed by atoms with Crippen molar-refractivity contribution in [1.82, 2.24) is 9.21 Å². The summed E-state index contributed by atoms with van der Waals surface area (Å²) >= 11 is 2.00. The quantitative estimate of drug-likeness (QED) is 0.434. The number of likely N-dealkylation sites (N-methyl/N-ethyl adjacent to an activating group) is 1. The molecule has 5 nitrogen and oxygen atoms in total. The molecule has 2 aliphatic rings. The van der Waals surface area contributed by atoms with Crippen LogP contribution in [0, 0.1) is 0 Å². The molecule has 1 fully saturated rings. The number of likely N-dealkylation sites (tertiary alicyclic amines) is 1. The second-order valence-electron chi connectivity index (χ2n) is 10.1. The molecule has 5 rings (SSSR count). The molecule has 1 unspecified atom stereocenters. The zero-order chi connectivity index (χ0) is 25.2. The average Bonchev–Trinajstić information content (AvgIpc) is 3.26. The Morgan fingerprint density at radius 1 is 0.972 bits per heavy atom. The van der Waals surface area contributed by atoms with Gasteiger partial charge in [-0.15, -0.1) is 11.8 Å². The Labute approximate surface area is 219 Å². The van der Waals surface area contributed by atoms with Crippen molar-refractivity contribution in [1.29, 1.82) is 0 Å². The van der Waals surface area contributed by atoms with Crippen LogP contribution in [-0.2, 0) is 15.4 Å². The molecule has 36 heavy (non-hydrogen) atoms. The largest absolute Gasteiger partial charge is 0.508 e. The molecule has 0 radical (unpaired) electrons. The van der Waals surface area contributed by atoms with Crippen molar-refractivity contribution in [2.75, 3.05) is 39.0 Å². The maximum atomic E-state index is 13.2. The third kappa shape index (κ3) is 5.21. The van der Waals surface area contributed by atoms with Crippen LogP contribution in [-0.4, -0.2) is 61.7 Å². The van der Waals surface area contributed by atoms with E-state index in [1.807, 2.05) is 30.0 Å². The number of fused-ring (bicyclic) bond motifs is 2. The van der Waals surface area contributed by atoms with Gasteiger partial charge in [-0.25, -0.2) is 12.7 Å². The zero-order valence-electron chi connectivity index (χ0n) is 20.7. The van der Waals surface area contributed by atoms with Crippen molar-refractivity contribution in [2.45, 2.75) is 40.4 Å². The summed E-state index contributed by atoms with van der Waals surface area (Å²) in [7, 11) is -1.91. The van der Waals surface area contributed by atoms with Crippen LogP contribution in [0.4, 0.5) is 0 Å². The van der Waals surface area contributed by atoms with E-state index in [1.165, 1.54) is 33.4 Å². The number of nitrogens with zero attached hydrogens (tertiary/aromatic N) is 2. The van der Waals surface area contributed by atoms with Gasteiger partial charge in [0.1, 0.15) is 5.75 Å². The predicted octanol–water partition coefficient (Wildman–Crippen LogP) is 5.33. The van der Waals surface area contributed by atoms with Crippen molar-refractivity contribution in [3.05, 3.63) is 90.0 Å². The second-order valence-corrected chi connectivity index (χ2v) is 13.1. The summed E-state index contributed by atoms with van der Waals surface area (Å²) in [5, 5.41) is 9.79. The lowest BCUT2D eigenvalue weighted by atomic mass is 9.74. The van der Waals surface area contributed by atoms with Gasteiger partial charge in [-0.1, -0.05) is 48.5 Å². The summed E-state index contributed by atoms with van der Waals surface area (Å²) in [5.74, 6) is 1.44. The maximum absolute atomic E-state index is 13.2. The van der Waals surface area contributed by atoms with E-state index in [2.05, 4.69) is 29.2 Å². The molecular weight excluding hydrogens is 488 g/mol. The molecule has 1 spiro atoms. The molecule has 1 atom stereocenters. The van der Waals surface area contributed by atoms with Crippen molar-refractivity contribution in [3.63, 3.8) is 0 Å². The Bertz CT molecular complexity index is 1270. The van der Waals surface area contributed by atoms with Gasteiger partial charge in [0.15, 0.2) is 0 Å². The minimum atomic E-state index is -3.57. The molecule has 1 saturated heterocycles. The van der Waals surface area contributed by atoms with Crippen molar-refractivity contribution in [2.24, 2.45) is 0 Å². The number of phenolic OH excluding ortho intramolecular Hbond substituents is 1. The molecule has 0 aromatic heterocycles. The van der Waals surface area contributed by atoms with Crippen LogP contribution in [0.1, 0.15) is 36.3 Å². The molecule has 7 heteroatoms. The van der Waals surface area contributed by atoms with Gasteiger partial charge in [0.2, 0.25) is 10.0 Å². The molecule has 2 aliphatic heterocycles. The molecule has 3 aromatic rings. The van der Waals surface area contributed by atoms with Gasteiger partial charge in [-0.3, -0.25) is 0 Å². The number of rotatable bonds is 8. The third-order valence-corrected chi connectivity index (χ3v) is 11.1. The smallest absolute Gasteiger partial charge is 0.242 e. The fourth-order valence-electron chi connectivity index (χ4n) is 5.57. The molecule has 0 aliphatic carbocycles. The van der Waals surface area contributed by atoms with Crippen molar-refractivity contribution in [3.8, 4) is 5.75 Å². The predicted molar refractivity (Wildman–Crippen MR) is 146 cm³/mol. The Kier molecular flexibility index (Phi) is 7.45. The van der Waals surface area contributed by atoms with Gasteiger partial charge >= 0.3 is 0 Å². The van der Waals surface area contributed by atoms with Crippen LogP contribution >= 0.6 is 11.8 Å². The lowest BCUT2D eigenvalue weighted by molar-refractivity contribution is 0.166. The van der Waals surface area contributed by atoms with E-state index in [9.17, 15) is 13.5 Å². The lowest BCUT2D eigenvalue weighted by Crippen LogP contribution is -2.43. The van der Waals surface area contributed by atoms with E-state index in [4.69, 9.17) is 0 Å². The first-order chi connectivity index (χ1) is 17.4. The highest BCUT2D eigenvalue weighted by Crippen LogP contribution is 2.49. The zero-order valence-corrected chi connectivity index (χ0v) is 22.3. The Morgan fingerprint density at radius 2 is 1.64 bits per heavy atom. The van der Waals surface area contributed by atoms with Crippen molar-refractivity contribution >= 4 is 21.8 Å². The summed E-state index contributed by atoms with van der Waals surface area (Å²) in [4.78, 5) is 4.30. The number of thioether (sulfide) groups is 1. The topological polar surface area (TPSA) is 60.9 Å². The molecule has 0 bridgehead atoms. The first-order valence-corrected chi connectivity index (χ1v) is 15.0. The van der Waals surface area contributed by atoms with Crippen LogP contribution in [0.5, 0.6) is 5.75 Å². The molecule has 2 heterocycles. The Hall–Kier alpha value is -2.32. The molecule has 3 aromatic carbocycles. The maximum Gasteiger partial charge on any atom is 0.242 e. The monoisotopic (exact) mass is 522 g/mol. The van der Waals surface area contributed by atoms with Gasteiger partial charge in [0, 0.05) is 29.7 Å². The van der Waals surface area contributed by atoms with E-state index in [0.29, 0.717) is 16.9 Å². The Balaban J connectivity index is 1.26. The van der Waals surface area contributed by atoms with Crippen LogP contribution in [0.3, 0.4) is 0 Å². The number of sulfonamides is 1. The first-order valence-electron chi connectivity index (χ1n) is 12.6. The summed E-state index contributed by atoms with van der Waals surface area (Å²) in [6, 6.07) is 24.7. The molecule has 0 amide bonds. The SMILES string of the molecule is CN(CC(CCN1CCC2(CC1)CSc1ccccc12)c1ccc(O)cc1)S(=O)(=O)c1ccccc1. The van der Waals surface area contributed by atoms with Crippen LogP contribution < -0.4 is 0 Å². The fourth-order valence-corrected chi connectivity index (χ4v) is 8.30. The van der Waals surface area contributed by atoms with E-state index < -0.39 is 10.0 Å². The summed E-state index contributed by atoms with van der Waals surface area (Å²) < 4.78 is 27.8. The van der Waals surface area contributed by atoms with E-state index in [1.54, 1.807) is 43.4 Å². The molecule has 0 saturated carbocycles. The third-order valence-electron chi connectivity index (χ3n) is 7.86. The highest BCUT2D eigenvalue weighted by Gasteiger charge is 2.41. The molecule has 190 valence electrons. The summed E-state index contributed by atoms with van der Waals surface area (Å²) in [5.41, 5.74) is 2.89. The highest BCUT2D eigenvalue weighted by atomic mass is 32.2. The number of aromatic hydroxyl groups is 1. The number of piperidine rings is 1. The first kappa shape index (κ1) is 25.3. The lowest BCUT2D eigenvalue weighted by Gasteiger charge is -2.40. The number of benzene rings is 3. The standard InChI is InChI=1S/C29H34N2O3S2/c1-30(36(33,34)26-7-3-2-4-8-26)21-24(23-11-13-25(32)14-12-23)15-18-31-19-16-29(17-20-31)22-35-28-10-6-5-9-27(28)29/h2-14,24,32H,15-22H2,1H3. The van der Waals surface area contributed by atoms with Crippen LogP contribution in [0.2, 0.25) is 0 Å². The number of hydrogen-bond donors (Lipinski definition) is 1. The van der Waals surface area contributed by atoms with Gasteiger partial charge < -0.3 is 10.0 Å². The second kappa shape index (κ2) is 10.6. The minimum Gasteiger partial charge on any atom is -0.508 e. The molecule has 1 N–H and O–H groups in total. The average molecular weight is 523 g/mol. The van der Waals surface area contributed by atoms with Crippen LogP contribution in [0.15, 0.2) is 88.7 Å². The summed E-state index contributed by atoms with van der Waals surface area (Å²) in [6.45, 7) is 3.45. The van der Waals surface area contributed by atoms with Gasteiger partial charge in [-0.2, -0.15) is 0 Å². The fraction of sp³-hybridized carbons (Fsp3) is 0.379. The highest BCUT2D eigenvalue weighted by molar-refractivity contribution is 7.99. The summed E-state index contributed by atoms with van der Waals surface area (Å²) in [6.07, 6.45) is 3.20. The van der Waals surface area contributed by atoms with Crippen molar-refractivity contribution < 1.29 is 13.5 Å². The van der Waals surface area contributed by atoms with E-state index >= 15 is 0 Å². The van der Waals surface area contributed by atoms with E-state index in [-0.39, 0.29) is 11.7 Å². The van der Waals surface area contributed by atoms with Gasteiger partial charge in [0.25, 0.3) is 0 Å². The van der Waals surface area contributed by atoms with Gasteiger partial charge in [-0.05, 0) is 86.3 Å². The van der Waals surface area contributed by atoms with Gasteiger partial charge in [0.05, 0.1) is 4.90 Å². The molecular formula is C29H34N2O3S2. The minimum absolute atomic E-state index is 0.0349. The normalized spacial score (nSPS) is 18.4.